The van der Waals surface area contributed by atoms with E-state index in [1.807, 2.05) is 0 Å². The predicted molar refractivity (Wildman–Crippen MR) is 75.9 cm³/mol. The average molecular weight is 283 g/mol. The van der Waals surface area contributed by atoms with Gasteiger partial charge in [0.15, 0.2) is 0 Å². The summed E-state index contributed by atoms with van der Waals surface area (Å²) in [4.78, 5) is 27.2. The predicted octanol–water partition coefficient (Wildman–Crippen LogP) is -0.933. The number of nitrogens with two attached hydrogens (primary N) is 2. The van der Waals surface area contributed by atoms with Crippen LogP contribution >= 0.6 is 0 Å². The van der Waals surface area contributed by atoms with E-state index < -0.39 is 18.0 Å². The maximum absolute atomic E-state index is 11.6. The lowest BCUT2D eigenvalue weighted by molar-refractivity contribution is -0.122. The first-order valence-electron chi connectivity index (χ1n) is 7.37. The van der Waals surface area contributed by atoms with E-state index in [9.17, 15) is 9.59 Å². The number of rotatable bonds is 4. The number of primary amides is 2. The molecule has 0 bridgehead atoms. The van der Waals surface area contributed by atoms with Crippen molar-refractivity contribution in [2.45, 2.75) is 44.3 Å². The highest BCUT2D eigenvalue weighted by molar-refractivity contribution is 5.82. The fourth-order valence-electron chi connectivity index (χ4n) is 3.51. The minimum absolute atomic E-state index is 0.240. The molecule has 0 aromatic carbocycles. The molecule has 0 spiro atoms. The number of amides is 3. The molecular formula is C13H25N5O2. The molecule has 20 heavy (non-hydrogen) atoms. The van der Waals surface area contributed by atoms with Crippen LogP contribution in [0, 0.1) is 0 Å². The first-order valence-corrected chi connectivity index (χ1v) is 7.37. The Morgan fingerprint density at radius 3 is 2.65 bits per heavy atom. The van der Waals surface area contributed by atoms with Gasteiger partial charge in [0, 0.05) is 19.1 Å². The molecule has 0 aliphatic carbocycles. The quantitative estimate of drug-likeness (QED) is 0.620. The van der Waals surface area contributed by atoms with Crippen LogP contribution in [0.4, 0.5) is 4.79 Å². The molecule has 0 aromatic rings. The van der Waals surface area contributed by atoms with Crippen molar-refractivity contribution in [2.75, 3.05) is 26.2 Å². The molecule has 3 atom stereocenters. The fourth-order valence-corrected chi connectivity index (χ4v) is 3.51. The van der Waals surface area contributed by atoms with Crippen molar-refractivity contribution in [3.63, 3.8) is 0 Å². The Hall–Kier alpha value is -1.34. The molecule has 0 aromatic heterocycles. The van der Waals surface area contributed by atoms with Gasteiger partial charge in [-0.2, -0.15) is 0 Å². The van der Waals surface area contributed by atoms with Crippen molar-refractivity contribution in [3.8, 4) is 0 Å². The van der Waals surface area contributed by atoms with Crippen molar-refractivity contribution in [1.82, 2.24) is 15.1 Å². The van der Waals surface area contributed by atoms with E-state index >= 15 is 0 Å². The van der Waals surface area contributed by atoms with Crippen molar-refractivity contribution in [2.24, 2.45) is 11.5 Å². The number of hydrogen-bond acceptors (Lipinski definition) is 4. The van der Waals surface area contributed by atoms with Crippen LogP contribution in [0.1, 0.15) is 26.2 Å². The van der Waals surface area contributed by atoms with Gasteiger partial charge >= 0.3 is 6.03 Å². The third kappa shape index (κ3) is 3.04. The lowest BCUT2D eigenvalue weighted by Gasteiger charge is -2.41. The number of urea groups is 1. The molecule has 2 aliphatic rings. The molecule has 7 heteroatoms. The van der Waals surface area contributed by atoms with Crippen LogP contribution in [-0.4, -0.2) is 66.0 Å². The van der Waals surface area contributed by atoms with Gasteiger partial charge in [0.25, 0.3) is 0 Å². The highest BCUT2D eigenvalue weighted by Gasteiger charge is 2.39. The first kappa shape index (κ1) is 15.1. The molecule has 0 saturated carbocycles. The first-order chi connectivity index (χ1) is 9.54. The zero-order chi connectivity index (χ0) is 14.7. The Morgan fingerprint density at radius 2 is 2.05 bits per heavy atom. The minimum atomic E-state index is -0.504. The van der Waals surface area contributed by atoms with Crippen LogP contribution in [0.15, 0.2) is 0 Å². The number of carbonyl (C=O) groups is 2. The van der Waals surface area contributed by atoms with Crippen LogP contribution in [0.5, 0.6) is 0 Å². The summed E-state index contributed by atoms with van der Waals surface area (Å²) in [6.07, 6.45) is 3.01. The van der Waals surface area contributed by atoms with Gasteiger partial charge in [0.2, 0.25) is 5.91 Å². The lowest BCUT2D eigenvalue weighted by Crippen LogP contribution is -2.65. The van der Waals surface area contributed by atoms with Crippen LogP contribution < -0.4 is 16.8 Å². The number of nitrogens with zero attached hydrogens (tertiary/aromatic N) is 2. The van der Waals surface area contributed by atoms with Crippen molar-refractivity contribution < 1.29 is 9.59 Å². The molecule has 5 N–H and O–H groups in total. The zero-order valence-corrected chi connectivity index (χ0v) is 12.0. The van der Waals surface area contributed by atoms with Crippen molar-refractivity contribution >= 4 is 11.9 Å². The summed E-state index contributed by atoms with van der Waals surface area (Å²) in [5.74, 6) is -0.415. The molecule has 3 amide bonds. The molecule has 2 fully saturated rings. The summed E-state index contributed by atoms with van der Waals surface area (Å²) in [7, 11) is 0. The summed E-state index contributed by atoms with van der Waals surface area (Å²) in [6.45, 7) is 5.29. The van der Waals surface area contributed by atoms with E-state index in [4.69, 9.17) is 11.5 Å². The Morgan fingerprint density at radius 1 is 1.30 bits per heavy atom. The largest absolute Gasteiger partial charge is 0.368 e. The maximum atomic E-state index is 11.6. The molecule has 2 aliphatic heterocycles. The minimum Gasteiger partial charge on any atom is -0.368 e. The normalized spacial score (nSPS) is 31.4. The number of carbonyl (C=O) groups excluding carboxylic acids is 2. The monoisotopic (exact) mass is 283 g/mol. The van der Waals surface area contributed by atoms with E-state index in [0.29, 0.717) is 19.1 Å². The van der Waals surface area contributed by atoms with Crippen LogP contribution in [0.2, 0.25) is 0 Å². The third-order valence-corrected chi connectivity index (χ3v) is 4.51. The van der Waals surface area contributed by atoms with Gasteiger partial charge in [-0.05, 0) is 32.4 Å². The molecular weight excluding hydrogens is 258 g/mol. The molecule has 0 radical (unpaired) electrons. The standard InChI is InChI=1S/C13H25N5O2/c1-2-17-6-3-4-9(17)8-10-11(12(14)19)16-5-7-18(10)13(15)20/h9-11,16H,2-8H2,1H3,(H2,14,19)(H2,15,20). The fraction of sp³-hybridized carbons (Fsp3) is 0.846. The summed E-state index contributed by atoms with van der Waals surface area (Å²) in [6, 6.07) is -0.816. The topological polar surface area (TPSA) is 105 Å². The SMILES string of the molecule is CCN1CCCC1CC1C(C(N)=O)NCCN1C(N)=O. The van der Waals surface area contributed by atoms with Gasteiger partial charge < -0.3 is 26.6 Å². The molecule has 7 nitrogen and oxygen atoms in total. The van der Waals surface area contributed by atoms with Gasteiger partial charge in [0.1, 0.15) is 6.04 Å². The molecule has 2 rings (SSSR count). The van der Waals surface area contributed by atoms with Gasteiger partial charge in [-0.1, -0.05) is 6.92 Å². The third-order valence-electron chi connectivity index (χ3n) is 4.51. The smallest absolute Gasteiger partial charge is 0.315 e. The molecule has 2 heterocycles. The second kappa shape index (κ2) is 6.41. The number of hydrogen-bond donors (Lipinski definition) is 3. The molecule has 114 valence electrons. The zero-order valence-electron chi connectivity index (χ0n) is 12.0. The Labute approximate surface area is 119 Å². The highest BCUT2D eigenvalue weighted by Crippen LogP contribution is 2.25. The van der Waals surface area contributed by atoms with Gasteiger partial charge in [0.05, 0.1) is 6.04 Å². The summed E-state index contributed by atoms with van der Waals surface area (Å²) < 4.78 is 0. The van der Waals surface area contributed by atoms with E-state index in [2.05, 4.69) is 17.1 Å². The number of likely N-dealkylation sites (tertiary alicyclic amines) is 1. The van der Waals surface area contributed by atoms with E-state index in [1.165, 1.54) is 0 Å². The van der Waals surface area contributed by atoms with E-state index in [1.54, 1.807) is 4.90 Å². The van der Waals surface area contributed by atoms with Crippen LogP contribution in [0.3, 0.4) is 0 Å². The van der Waals surface area contributed by atoms with Gasteiger partial charge in [-0.15, -0.1) is 0 Å². The summed E-state index contributed by atoms with van der Waals surface area (Å²) >= 11 is 0. The summed E-state index contributed by atoms with van der Waals surface area (Å²) in [5, 5.41) is 3.12. The van der Waals surface area contributed by atoms with E-state index in [-0.39, 0.29) is 6.04 Å². The van der Waals surface area contributed by atoms with Gasteiger partial charge in [-0.3, -0.25) is 4.79 Å². The maximum Gasteiger partial charge on any atom is 0.315 e. The van der Waals surface area contributed by atoms with Gasteiger partial charge in [-0.25, -0.2) is 4.79 Å². The average Bonchev–Trinajstić information content (AvgIpc) is 2.85. The lowest BCUT2D eigenvalue weighted by atomic mass is 9.94. The Kier molecular flexibility index (Phi) is 4.82. The Balaban J connectivity index is 2.12. The molecule has 3 unspecified atom stereocenters. The van der Waals surface area contributed by atoms with Crippen LogP contribution in [-0.2, 0) is 4.79 Å². The van der Waals surface area contributed by atoms with Crippen LogP contribution in [0.25, 0.3) is 0 Å². The molecule has 2 saturated heterocycles. The second-order valence-electron chi connectivity index (χ2n) is 5.59. The van der Waals surface area contributed by atoms with Crippen molar-refractivity contribution in [3.05, 3.63) is 0 Å². The number of nitrogens with one attached hydrogen (secondary N) is 1. The Bertz CT molecular complexity index is 354. The second-order valence-corrected chi connectivity index (χ2v) is 5.59. The summed E-state index contributed by atoms with van der Waals surface area (Å²) in [5.41, 5.74) is 10.9. The van der Waals surface area contributed by atoms with E-state index in [0.717, 1.165) is 32.4 Å². The van der Waals surface area contributed by atoms with Crippen molar-refractivity contribution in [1.29, 1.82) is 0 Å². The number of piperazine rings is 1. The highest BCUT2D eigenvalue weighted by atomic mass is 16.2.